The number of hydrogen-bond acceptors (Lipinski definition) is 6. The minimum Gasteiger partial charge on any atom is -0.396 e. The third kappa shape index (κ3) is 1.23. The van der Waals surface area contributed by atoms with Crippen molar-refractivity contribution in [3.63, 3.8) is 0 Å². The van der Waals surface area contributed by atoms with E-state index in [1.165, 1.54) is 12.7 Å². The van der Waals surface area contributed by atoms with Gasteiger partial charge in [0.15, 0.2) is 11.2 Å². The van der Waals surface area contributed by atoms with Crippen molar-refractivity contribution in [2.45, 2.75) is 24.7 Å². The van der Waals surface area contributed by atoms with Gasteiger partial charge in [0, 0.05) is 5.41 Å². The van der Waals surface area contributed by atoms with Crippen LogP contribution < -0.4 is 5.56 Å². The van der Waals surface area contributed by atoms with Crippen LogP contribution in [0.25, 0.3) is 11.2 Å². The molecule has 4 rings (SSSR count). The largest absolute Gasteiger partial charge is 0.396 e. The van der Waals surface area contributed by atoms with E-state index in [0.29, 0.717) is 12.1 Å². The second-order valence-corrected chi connectivity index (χ2v) is 5.68. The molecular formula is C12H14N4O4. The molecule has 2 aliphatic carbocycles. The van der Waals surface area contributed by atoms with E-state index in [0.717, 1.165) is 0 Å². The summed E-state index contributed by atoms with van der Waals surface area (Å²) in [6.07, 6.45) is 1.42. The van der Waals surface area contributed by atoms with E-state index in [-0.39, 0.29) is 23.6 Å². The Hall–Kier alpha value is -1.77. The number of nitrogens with zero attached hydrogens (tertiary/aromatic N) is 3. The van der Waals surface area contributed by atoms with Crippen LogP contribution in [0.3, 0.4) is 0 Å². The summed E-state index contributed by atoms with van der Waals surface area (Å²) in [6.45, 7) is -0.160. The molecule has 8 nitrogen and oxygen atoms in total. The lowest BCUT2D eigenvalue weighted by atomic mass is 10.0. The van der Waals surface area contributed by atoms with E-state index < -0.39 is 23.7 Å². The Kier molecular flexibility index (Phi) is 2.20. The van der Waals surface area contributed by atoms with E-state index in [9.17, 15) is 20.1 Å². The molecule has 0 amide bonds. The highest BCUT2D eigenvalue weighted by atomic mass is 16.3. The van der Waals surface area contributed by atoms with Gasteiger partial charge in [0.25, 0.3) is 5.56 Å². The molecule has 106 valence electrons. The van der Waals surface area contributed by atoms with Crippen molar-refractivity contribution < 1.29 is 15.3 Å². The molecule has 0 bridgehead atoms. The standard InChI is InChI=1S/C12H14N4O4/c17-2-12-1-5(12)7(8(18)9(12)19)16-4-15-6-10(16)13-3-14-11(6)20/h3-5,7-9,17-19H,1-2H2,(H,13,14,20)/t5-,7-,8+,9+,12+/m1/s1. The van der Waals surface area contributed by atoms with Crippen LogP contribution >= 0.6 is 0 Å². The average Bonchev–Trinajstić information content (AvgIpc) is 2.95. The SMILES string of the molecule is O=c1[nH]cnc2c1ncn2[C@H]1[C@H](O)[C@H](O)[C@]2(CO)C[C@H]12. The molecule has 8 heteroatoms. The number of aromatic amines is 1. The van der Waals surface area contributed by atoms with Crippen LogP contribution in [0.4, 0.5) is 0 Å². The van der Waals surface area contributed by atoms with Crippen molar-refractivity contribution in [1.82, 2.24) is 19.5 Å². The van der Waals surface area contributed by atoms with Gasteiger partial charge in [-0.2, -0.15) is 0 Å². The second-order valence-electron chi connectivity index (χ2n) is 5.68. The molecule has 2 heterocycles. The lowest BCUT2D eigenvalue weighted by molar-refractivity contribution is -0.0300. The summed E-state index contributed by atoms with van der Waals surface area (Å²) in [5.41, 5.74) is -0.380. The Labute approximate surface area is 112 Å². The van der Waals surface area contributed by atoms with E-state index in [4.69, 9.17) is 0 Å². The molecule has 0 radical (unpaired) electrons. The molecule has 0 unspecified atom stereocenters. The number of aliphatic hydroxyl groups excluding tert-OH is 3. The molecule has 0 spiro atoms. The van der Waals surface area contributed by atoms with Crippen molar-refractivity contribution >= 4 is 11.2 Å². The summed E-state index contributed by atoms with van der Waals surface area (Å²) in [4.78, 5) is 22.2. The highest BCUT2D eigenvalue weighted by Gasteiger charge is 2.71. The van der Waals surface area contributed by atoms with Crippen LogP contribution in [0.15, 0.2) is 17.4 Å². The lowest BCUT2D eigenvalue weighted by Crippen LogP contribution is -2.35. The summed E-state index contributed by atoms with van der Waals surface area (Å²) in [7, 11) is 0. The third-order valence-corrected chi connectivity index (χ3v) is 4.83. The molecule has 4 N–H and O–H groups in total. The Balaban J connectivity index is 1.85. The first kappa shape index (κ1) is 12.0. The fourth-order valence-corrected chi connectivity index (χ4v) is 3.63. The van der Waals surface area contributed by atoms with Crippen molar-refractivity contribution in [3.05, 3.63) is 23.0 Å². The maximum atomic E-state index is 11.6. The van der Waals surface area contributed by atoms with Gasteiger partial charge in [-0.15, -0.1) is 0 Å². The van der Waals surface area contributed by atoms with Gasteiger partial charge in [0.1, 0.15) is 6.10 Å². The fourth-order valence-electron chi connectivity index (χ4n) is 3.63. The first-order valence-corrected chi connectivity index (χ1v) is 6.47. The van der Waals surface area contributed by atoms with Crippen LogP contribution in [-0.4, -0.2) is 53.7 Å². The maximum Gasteiger partial charge on any atom is 0.278 e. The van der Waals surface area contributed by atoms with Gasteiger partial charge < -0.3 is 24.9 Å². The van der Waals surface area contributed by atoms with Gasteiger partial charge >= 0.3 is 0 Å². The van der Waals surface area contributed by atoms with Crippen LogP contribution in [0, 0.1) is 11.3 Å². The normalized spacial score (nSPS) is 39.1. The number of H-pyrrole nitrogens is 1. The first-order chi connectivity index (χ1) is 9.60. The molecule has 2 aliphatic rings. The molecule has 2 saturated carbocycles. The summed E-state index contributed by atoms with van der Waals surface area (Å²) < 4.78 is 1.63. The summed E-state index contributed by atoms with van der Waals surface area (Å²) in [5.74, 6) is -0.0315. The van der Waals surface area contributed by atoms with Crippen LogP contribution in [0.1, 0.15) is 12.5 Å². The smallest absolute Gasteiger partial charge is 0.278 e. The average molecular weight is 278 g/mol. The molecule has 2 fully saturated rings. The predicted molar refractivity (Wildman–Crippen MR) is 66.8 cm³/mol. The highest BCUT2D eigenvalue weighted by Crippen LogP contribution is 2.67. The van der Waals surface area contributed by atoms with E-state index >= 15 is 0 Å². The minimum atomic E-state index is -1.00. The van der Waals surface area contributed by atoms with Crippen molar-refractivity contribution in [2.75, 3.05) is 6.61 Å². The molecule has 0 saturated heterocycles. The van der Waals surface area contributed by atoms with Crippen molar-refractivity contribution in [2.24, 2.45) is 11.3 Å². The number of rotatable bonds is 2. The van der Waals surface area contributed by atoms with Gasteiger partial charge in [-0.1, -0.05) is 0 Å². The quantitative estimate of drug-likeness (QED) is 0.524. The van der Waals surface area contributed by atoms with Gasteiger partial charge in [0.2, 0.25) is 0 Å². The van der Waals surface area contributed by atoms with Crippen LogP contribution in [0.5, 0.6) is 0 Å². The topological polar surface area (TPSA) is 124 Å². The second kappa shape index (κ2) is 3.66. The molecule has 0 aliphatic heterocycles. The van der Waals surface area contributed by atoms with Gasteiger partial charge in [0.05, 0.1) is 31.4 Å². The Bertz CT molecular complexity index is 740. The van der Waals surface area contributed by atoms with Gasteiger partial charge in [-0.3, -0.25) is 4.79 Å². The number of imidazole rings is 1. The summed E-state index contributed by atoms with van der Waals surface area (Å²) in [6, 6.07) is -0.420. The zero-order chi connectivity index (χ0) is 14.1. The number of nitrogens with one attached hydrogen (secondary N) is 1. The third-order valence-electron chi connectivity index (χ3n) is 4.83. The first-order valence-electron chi connectivity index (χ1n) is 6.47. The molecule has 0 aromatic carbocycles. The minimum absolute atomic E-state index is 0.0315. The Morgan fingerprint density at radius 3 is 2.95 bits per heavy atom. The van der Waals surface area contributed by atoms with Gasteiger partial charge in [-0.25, -0.2) is 9.97 Å². The number of aliphatic hydroxyl groups is 3. The van der Waals surface area contributed by atoms with E-state index in [2.05, 4.69) is 15.0 Å². The Morgan fingerprint density at radius 1 is 1.45 bits per heavy atom. The Morgan fingerprint density at radius 2 is 2.25 bits per heavy atom. The zero-order valence-electron chi connectivity index (χ0n) is 10.5. The molecule has 2 aromatic rings. The van der Waals surface area contributed by atoms with Crippen molar-refractivity contribution in [3.8, 4) is 0 Å². The van der Waals surface area contributed by atoms with Crippen molar-refractivity contribution in [1.29, 1.82) is 0 Å². The summed E-state index contributed by atoms with van der Waals surface area (Å²) >= 11 is 0. The predicted octanol–water partition coefficient (Wildman–Crippen LogP) is -1.61. The number of hydrogen-bond donors (Lipinski definition) is 4. The number of aromatic nitrogens is 4. The van der Waals surface area contributed by atoms with E-state index in [1.807, 2.05) is 0 Å². The highest BCUT2D eigenvalue weighted by molar-refractivity contribution is 5.69. The zero-order valence-corrected chi connectivity index (χ0v) is 10.5. The lowest BCUT2D eigenvalue weighted by Gasteiger charge is -2.23. The fraction of sp³-hybridized carbons (Fsp3) is 0.583. The molecule has 20 heavy (non-hydrogen) atoms. The van der Waals surface area contributed by atoms with Gasteiger partial charge in [-0.05, 0) is 12.3 Å². The molecular weight excluding hydrogens is 264 g/mol. The summed E-state index contributed by atoms with van der Waals surface area (Å²) in [5, 5.41) is 29.8. The maximum absolute atomic E-state index is 11.6. The molecule has 5 atom stereocenters. The number of fused-ring (bicyclic) bond motifs is 2. The van der Waals surface area contributed by atoms with Crippen LogP contribution in [-0.2, 0) is 0 Å². The molecule has 2 aromatic heterocycles. The van der Waals surface area contributed by atoms with Crippen LogP contribution in [0.2, 0.25) is 0 Å². The monoisotopic (exact) mass is 278 g/mol. The van der Waals surface area contributed by atoms with E-state index in [1.54, 1.807) is 4.57 Å².